The first kappa shape index (κ1) is 68.4. The van der Waals surface area contributed by atoms with E-state index >= 15 is 0 Å². The molecule has 0 saturated carbocycles. The van der Waals surface area contributed by atoms with Crippen molar-refractivity contribution in [1.82, 2.24) is 5.32 Å². The molecular weight excluding hydrogens is 916 g/mol. The van der Waals surface area contributed by atoms with Crippen LogP contribution in [-0.4, -0.2) is 69.4 Å². The SMILES string of the molecule is CC/C=C\C/C=C\C/C=C\C/C=C\C/C=C\CCCC(=O)OC(/C=C/CCCCCCCCCCCCC)C(COP(=O)([O-])OCC[N+](C)(C)C)NC(=O)CCCCC/C=C/C/C=C/C/C=C/C/C=C/CC. The van der Waals surface area contributed by atoms with Crippen molar-refractivity contribution in [3.63, 3.8) is 0 Å². The molecule has 3 unspecified atom stereocenters. The molecule has 3 atom stereocenters. The number of quaternary nitrogens is 1. The summed E-state index contributed by atoms with van der Waals surface area (Å²) in [6.45, 7) is 6.52. The van der Waals surface area contributed by atoms with E-state index in [0.717, 1.165) is 103 Å². The zero-order valence-corrected chi connectivity index (χ0v) is 47.5. The summed E-state index contributed by atoms with van der Waals surface area (Å²) >= 11 is 0. The van der Waals surface area contributed by atoms with Crippen LogP contribution in [0.15, 0.2) is 122 Å². The predicted molar refractivity (Wildman–Crippen MR) is 307 cm³/mol. The summed E-state index contributed by atoms with van der Waals surface area (Å²) in [6, 6.07) is -0.936. The summed E-state index contributed by atoms with van der Waals surface area (Å²) in [6.07, 6.45) is 70.3. The number of carbonyl (C=O) groups excluding carboxylic acids is 2. The van der Waals surface area contributed by atoms with Gasteiger partial charge in [-0.3, -0.25) is 14.2 Å². The van der Waals surface area contributed by atoms with Gasteiger partial charge >= 0.3 is 5.97 Å². The van der Waals surface area contributed by atoms with E-state index in [1.54, 1.807) is 6.08 Å². The van der Waals surface area contributed by atoms with E-state index in [9.17, 15) is 19.0 Å². The minimum atomic E-state index is -4.72. The maximum Gasteiger partial charge on any atom is 0.306 e. The number of phosphoric ester groups is 1. The highest BCUT2D eigenvalue weighted by molar-refractivity contribution is 7.45. The van der Waals surface area contributed by atoms with Crippen LogP contribution in [0.4, 0.5) is 0 Å². The third-order valence-corrected chi connectivity index (χ3v) is 12.6. The highest BCUT2D eigenvalue weighted by Gasteiger charge is 2.27. The number of amides is 1. The first-order chi connectivity index (χ1) is 34.9. The summed E-state index contributed by atoms with van der Waals surface area (Å²) in [4.78, 5) is 39.8. The maximum atomic E-state index is 13.5. The maximum absolute atomic E-state index is 13.5. The molecule has 410 valence electrons. The number of rotatable bonds is 49. The number of esters is 1. The summed E-state index contributed by atoms with van der Waals surface area (Å²) in [5.74, 6) is -0.657. The smallest absolute Gasteiger partial charge is 0.306 e. The normalized spacial score (nSPS) is 14.7. The zero-order valence-electron chi connectivity index (χ0n) is 46.6. The number of carbonyl (C=O) groups is 2. The van der Waals surface area contributed by atoms with Gasteiger partial charge in [0.25, 0.3) is 7.82 Å². The number of allylic oxidation sites excluding steroid dienone is 19. The van der Waals surface area contributed by atoms with Crippen molar-refractivity contribution in [3.05, 3.63) is 122 Å². The molecule has 0 aliphatic carbocycles. The lowest BCUT2D eigenvalue weighted by molar-refractivity contribution is -0.870. The number of nitrogens with zero attached hydrogens (tertiary/aromatic N) is 1. The quantitative estimate of drug-likeness (QED) is 0.0212. The van der Waals surface area contributed by atoms with Gasteiger partial charge in [0.2, 0.25) is 5.91 Å². The largest absolute Gasteiger partial charge is 0.756 e. The van der Waals surface area contributed by atoms with Crippen LogP contribution in [0.5, 0.6) is 0 Å². The molecule has 0 saturated heterocycles. The van der Waals surface area contributed by atoms with Crippen molar-refractivity contribution >= 4 is 19.7 Å². The Morgan fingerprint density at radius 1 is 0.500 bits per heavy atom. The Morgan fingerprint density at radius 3 is 1.36 bits per heavy atom. The van der Waals surface area contributed by atoms with Crippen molar-refractivity contribution in [1.29, 1.82) is 0 Å². The van der Waals surface area contributed by atoms with E-state index in [1.807, 2.05) is 27.2 Å². The van der Waals surface area contributed by atoms with Crippen LogP contribution in [0, 0.1) is 0 Å². The van der Waals surface area contributed by atoms with E-state index < -0.39 is 32.5 Å². The standard InChI is InChI=1S/C62H105N2O7P/c1-7-10-13-16-19-22-25-28-30-32-34-37-40-43-46-49-52-55-62(66)71-60(53-50-47-44-41-38-35-27-24-21-18-15-12-9-3)59(58-70-72(67,68)69-57-56-64(4,5)6)63-61(65)54-51-48-45-42-39-36-33-31-29-26-23-20-17-14-11-8-2/h10-11,13-14,19-20,22-23,28-31,34,36-37,39,43,46,50,53,59-60H,7-9,12,15-18,21,24-27,32-33,35,38,40-42,44-45,47-49,51-52,54-58H2,1-6H3,(H-,63,65,67,68)/b13-10-,14-11+,22-19-,23-20+,30-28-,31-29+,37-34-,39-36+,46-43-,53-50+. The van der Waals surface area contributed by atoms with Crippen molar-refractivity contribution in [2.75, 3.05) is 40.9 Å². The highest BCUT2D eigenvalue weighted by Crippen LogP contribution is 2.38. The summed E-state index contributed by atoms with van der Waals surface area (Å²) in [7, 11) is 1.11. The van der Waals surface area contributed by atoms with E-state index in [4.69, 9.17) is 13.8 Å². The molecule has 9 nitrogen and oxygen atoms in total. The van der Waals surface area contributed by atoms with Crippen LogP contribution in [0.1, 0.15) is 207 Å². The molecule has 0 aromatic heterocycles. The van der Waals surface area contributed by atoms with Crippen LogP contribution in [0.3, 0.4) is 0 Å². The molecule has 72 heavy (non-hydrogen) atoms. The van der Waals surface area contributed by atoms with Crippen LogP contribution in [0.2, 0.25) is 0 Å². The number of hydrogen-bond donors (Lipinski definition) is 1. The van der Waals surface area contributed by atoms with Crippen LogP contribution < -0.4 is 10.2 Å². The second kappa shape index (κ2) is 50.9. The molecule has 0 bridgehead atoms. The van der Waals surface area contributed by atoms with Gasteiger partial charge in [0, 0.05) is 12.8 Å². The van der Waals surface area contributed by atoms with Gasteiger partial charge in [0.15, 0.2) is 0 Å². The lowest BCUT2D eigenvalue weighted by atomic mass is 10.0. The third kappa shape index (κ3) is 51.3. The van der Waals surface area contributed by atoms with E-state index in [1.165, 1.54) is 57.8 Å². The zero-order chi connectivity index (χ0) is 52.9. The number of likely N-dealkylation sites (N-methyl/N-ethyl adjacent to an activating group) is 1. The Bertz CT molecular complexity index is 1650. The Kier molecular flexibility index (Phi) is 48.4. The minimum absolute atomic E-state index is 0.0443. The molecule has 10 heteroatoms. The monoisotopic (exact) mass is 1020 g/mol. The van der Waals surface area contributed by atoms with Gasteiger partial charge in [-0.25, -0.2) is 0 Å². The molecule has 0 aliphatic rings. The van der Waals surface area contributed by atoms with Gasteiger partial charge in [-0.15, -0.1) is 0 Å². The van der Waals surface area contributed by atoms with E-state index in [2.05, 4.69) is 135 Å². The fraction of sp³-hybridized carbons (Fsp3) is 0.645. The summed E-state index contributed by atoms with van der Waals surface area (Å²) < 4.78 is 30.2. The first-order valence-electron chi connectivity index (χ1n) is 28.3. The van der Waals surface area contributed by atoms with Crippen molar-refractivity contribution in [3.8, 4) is 0 Å². The number of ether oxygens (including phenoxy) is 1. The lowest BCUT2D eigenvalue weighted by Crippen LogP contribution is -2.47. The second-order valence-corrected chi connectivity index (χ2v) is 21.1. The topological polar surface area (TPSA) is 114 Å². The third-order valence-electron chi connectivity index (χ3n) is 11.6. The minimum Gasteiger partial charge on any atom is -0.756 e. The van der Waals surface area contributed by atoms with Crippen LogP contribution >= 0.6 is 7.82 Å². The number of unbranched alkanes of at least 4 members (excludes halogenated alkanes) is 15. The first-order valence-corrected chi connectivity index (χ1v) is 29.8. The Labute approximate surface area is 442 Å². The number of nitrogens with one attached hydrogen (secondary N) is 1. The van der Waals surface area contributed by atoms with Gasteiger partial charge in [-0.2, -0.15) is 0 Å². The van der Waals surface area contributed by atoms with Gasteiger partial charge in [-0.05, 0) is 109 Å². The molecule has 0 radical (unpaired) electrons. The molecule has 0 aromatic carbocycles. The van der Waals surface area contributed by atoms with E-state index in [0.29, 0.717) is 23.9 Å². The second-order valence-electron chi connectivity index (χ2n) is 19.7. The van der Waals surface area contributed by atoms with Gasteiger partial charge < -0.3 is 28.5 Å². The highest BCUT2D eigenvalue weighted by atomic mass is 31.2. The molecular formula is C62H105N2O7P. The average molecular weight is 1020 g/mol. The van der Waals surface area contributed by atoms with Gasteiger partial charge in [0.05, 0.1) is 33.8 Å². The van der Waals surface area contributed by atoms with Crippen LogP contribution in [-0.2, 0) is 27.9 Å². The van der Waals surface area contributed by atoms with Crippen molar-refractivity contribution < 1.29 is 37.3 Å². The number of hydrogen-bond acceptors (Lipinski definition) is 7. The summed E-state index contributed by atoms with van der Waals surface area (Å²) in [5, 5.41) is 2.98. The molecule has 0 rings (SSSR count). The molecule has 0 spiro atoms. The predicted octanol–water partition coefficient (Wildman–Crippen LogP) is 16.5. The fourth-order valence-corrected chi connectivity index (χ4v) is 8.03. The Hall–Kier alpha value is -3.59. The molecule has 1 amide bonds. The summed E-state index contributed by atoms with van der Waals surface area (Å²) in [5.41, 5.74) is 0. The Balaban J connectivity index is 5.55. The Morgan fingerprint density at radius 2 is 0.903 bits per heavy atom. The van der Waals surface area contributed by atoms with Crippen LogP contribution in [0.25, 0.3) is 0 Å². The van der Waals surface area contributed by atoms with Crippen molar-refractivity contribution in [2.45, 2.75) is 219 Å². The number of phosphoric acid groups is 1. The molecule has 0 heterocycles. The molecule has 0 aromatic rings. The van der Waals surface area contributed by atoms with Gasteiger partial charge in [0.1, 0.15) is 19.3 Å². The molecule has 0 fully saturated rings. The van der Waals surface area contributed by atoms with Gasteiger partial charge in [-0.1, -0.05) is 207 Å². The lowest BCUT2D eigenvalue weighted by Gasteiger charge is -2.30. The average Bonchev–Trinajstić information content (AvgIpc) is 3.34. The van der Waals surface area contributed by atoms with Crippen molar-refractivity contribution in [2.24, 2.45) is 0 Å². The molecule has 1 N–H and O–H groups in total. The fourth-order valence-electron chi connectivity index (χ4n) is 7.31. The molecule has 0 aliphatic heterocycles. The van der Waals surface area contributed by atoms with E-state index in [-0.39, 0.29) is 25.4 Å².